The Balaban J connectivity index is 2.04. The van der Waals surface area contributed by atoms with Gasteiger partial charge >= 0.3 is 0 Å². The largest absolute Gasteiger partial charge is 0.404 e. The smallest absolute Gasteiger partial charge is 0.0235 e. The molecule has 1 aliphatic heterocycles. The van der Waals surface area contributed by atoms with Crippen LogP contribution in [0.25, 0.3) is 5.57 Å². The maximum absolute atomic E-state index is 5.83. The van der Waals surface area contributed by atoms with Gasteiger partial charge in [-0.15, -0.1) is 0 Å². The van der Waals surface area contributed by atoms with E-state index in [0.29, 0.717) is 6.04 Å². The van der Waals surface area contributed by atoms with E-state index in [1.54, 1.807) is 6.20 Å². The lowest BCUT2D eigenvalue weighted by atomic mass is 10.0. The highest BCUT2D eigenvalue weighted by molar-refractivity contribution is 5.75. The predicted octanol–water partition coefficient (Wildman–Crippen LogP) is 3.64. The quantitative estimate of drug-likeness (QED) is 0.811. The minimum absolute atomic E-state index is 0.646. The van der Waals surface area contributed by atoms with Gasteiger partial charge in [0.05, 0.1) is 0 Å². The van der Waals surface area contributed by atoms with E-state index in [-0.39, 0.29) is 0 Å². The Morgan fingerprint density at radius 1 is 1.25 bits per heavy atom. The van der Waals surface area contributed by atoms with Crippen molar-refractivity contribution in [1.29, 1.82) is 0 Å². The van der Waals surface area contributed by atoms with Crippen LogP contribution < -0.4 is 5.73 Å². The van der Waals surface area contributed by atoms with Crippen LogP contribution in [0.3, 0.4) is 0 Å². The second-order valence-corrected chi connectivity index (χ2v) is 6.82. The Bertz CT molecular complexity index is 605. The van der Waals surface area contributed by atoms with E-state index in [4.69, 9.17) is 5.73 Å². The van der Waals surface area contributed by atoms with Crippen LogP contribution in [0.15, 0.2) is 54.8 Å². The van der Waals surface area contributed by atoms with Crippen LogP contribution in [0.5, 0.6) is 0 Å². The van der Waals surface area contributed by atoms with Crippen molar-refractivity contribution < 1.29 is 0 Å². The molecule has 0 bridgehead atoms. The molecule has 0 atom stereocenters. The van der Waals surface area contributed by atoms with Crippen molar-refractivity contribution in [3.8, 4) is 0 Å². The molecule has 1 aromatic carbocycles. The fourth-order valence-corrected chi connectivity index (χ4v) is 3.08. The van der Waals surface area contributed by atoms with E-state index in [0.717, 1.165) is 49.4 Å². The Morgan fingerprint density at radius 3 is 2.54 bits per heavy atom. The molecular weight excluding hydrogens is 294 g/mol. The summed E-state index contributed by atoms with van der Waals surface area (Å²) in [5.74, 6) is 0. The zero-order valence-electron chi connectivity index (χ0n) is 15.3. The Hall–Kier alpha value is -1.84. The van der Waals surface area contributed by atoms with Crippen LogP contribution in [-0.4, -0.2) is 42.0 Å². The number of piperazine rings is 1. The van der Waals surface area contributed by atoms with Crippen molar-refractivity contribution >= 4 is 5.57 Å². The molecule has 1 fully saturated rings. The lowest BCUT2D eigenvalue weighted by molar-refractivity contribution is 0.104. The molecule has 1 aliphatic rings. The van der Waals surface area contributed by atoms with Crippen LogP contribution in [0.2, 0.25) is 0 Å². The van der Waals surface area contributed by atoms with Crippen molar-refractivity contribution in [2.75, 3.05) is 26.2 Å². The molecule has 1 saturated heterocycles. The first-order chi connectivity index (χ1) is 11.5. The molecule has 1 aromatic rings. The van der Waals surface area contributed by atoms with Gasteiger partial charge in [0.25, 0.3) is 0 Å². The van der Waals surface area contributed by atoms with E-state index < -0.39 is 0 Å². The molecule has 0 radical (unpaired) electrons. The van der Waals surface area contributed by atoms with E-state index in [9.17, 15) is 0 Å². The lowest BCUT2D eigenvalue weighted by Crippen LogP contribution is -2.48. The second kappa shape index (κ2) is 8.86. The van der Waals surface area contributed by atoms with E-state index in [2.05, 4.69) is 60.6 Å². The van der Waals surface area contributed by atoms with Crippen LogP contribution in [0.1, 0.15) is 31.9 Å². The maximum atomic E-state index is 5.83. The van der Waals surface area contributed by atoms with Crippen molar-refractivity contribution in [3.05, 3.63) is 65.9 Å². The fourth-order valence-electron chi connectivity index (χ4n) is 3.08. The fraction of sp³-hybridized carbons (Fsp3) is 0.429. The summed E-state index contributed by atoms with van der Waals surface area (Å²) in [6.07, 6.45) is 5.60. The Labute approximate surface area is 147 Å². The monoisotopic (exact) mass is 325 g/mol. The highest BCUT2D eigenvalue weighted by Crippen LogP contribution is 2.20. The van der Waals surface area contributed by atoms with Crippen molar-refractivity contribution in [1.82, 2.24) is 9.80 Å². The average Bonchev–Trinajstić information content (AvgIpc) is 2.60. The second-order valence-electron chi connectivity index (χ2n) is 6.82. The Morgan fingerprint density at radius 2 is 1.96 bits per heavy atom. The molecule has 0 saturated carbocycles. The van der Waals surface area contributed by atoms with E-state index in [1.807, 2.05) is 13.0 Å². The summed E-state index contributed by atoms with van der Waals surface area (Å²) >= 11 is 0. The third-order valence-electron chi connectivity index (χ3n) is 4.69. The molecular formula is C21H31N3. The maximum Gasteiger partial charge on any atom is 0.0235 e. The number of hydrogen-bond acceptors (Lipinski definition) is 3. The normalized spacial score (nSPS) is 18.2. The zero-order chi connectivity index (χ0) is 17.5. The van der Waals surface area contributed by atoms with Crippen LogP contribution in [-0.2, 0) is 6.54 Å². The standard InChI is InChI=1S/C21H31N3/c1-5-18(4)13-21(15-22)20-8-6-7-19(14-20)16-23-9-11-24(12-10-23)17(2)3/h5-8,13-15,17H,1,9-12,16,22H2,2-4H3/b18-13-,21-15+. The van der Waals surface area contributed by atoms with Gasteiger partial charge in [-0.1, -0.05) is 42.5 Å². The summed E-state index contributed by atoms with van der Waals surface area (Å²) in [4.78, 5) is 5.08. The third-order valence-corrected chi connectivity index (χ3v) is 4.69. The van der Waals surface area contributed by atoms with Crippen LogP contribution in [0.4, 0.5) is 0 Å². The molecule has 2 rings (SSSR count). The lowest BCUT2D eigenvalue weighted by Gasteiger charge is -2.37. The summed E-state index contributed by atoms with van der Waals surface area (Å²) in [6, 6.07) is 9.34. The molecule has 0 amide bonds. The average molecular weight is 326 g/mol. The molecule has 3 heteroatoms. The SMILES string of the molecule is C=C/C(C)=C\C(=C/N)c1cccc(CN2CCN(C(C)C)CC2)c1. The minimum Gasteiger partial charge on any atom is -0.404 e. The molecule has 24 heavy (non-hydrogen) atoms. The first kappa shape index (κ1) is 18.5. The summed E-state index contributed by atoms with van der Waals surface area (Å²) < 4.78 is 0. The van der Waals surface area contributed by atoms with Gasteiger partial charge in [0.2, 0.25) is 0 Å². The van der Waals surface area contributed by atoms with Crippen molar-refractivity contribution in [2.45, 2.75) is 33.4 Å². The van der Waals surface area contributed by atoms with E-state index >= 15 is 0 Å². The van der Waals surface area contributed by atoms with Gasteiger partial charge in [0.15, 0.2) is 0 Å². The molecule has 0 aliphatic carbocycles. The number of nitrogens with two attached hydrogens (primary N) is 1. The molecule has 2 N–H and O–H groups in total. The van der Waals surface area contributed by atoms with Gasteiger partial charge in [0.1, 0.15) is 0 Å². The summed E-state index contributed by atoms with van der Waals surface area (Å²) in [5.41, 5.74) is 10.5. The molecule has 0 spiro atoms. The summed E-state index contributed by atoms with van der Waals surface area (Å²) in [5, 5.41) is 0. The number of allylic oxidation sites excluding steroid dienone is 4. The molecule has 0 unspecified atom stereocenters. The highest BCUT2D eigenvalue weighted by atomic mass is 15.3. The van der Waals surface area contributed by atoms with Gasteiger partial charge in [-0.3, -0.25) is 9.80 Å². The topological polar surface area (TPSA) is 32.5 Å². The predicted molar refractivity (Wildman–Crippen MR) is 105 cm³/mol. The first-order valence-electron chi connectivity index (χ1n) is 8.82. The number of hydrogen-bond donors (Lipinski definition) is 1. The van der Waals surface area contributed by atoms with Gasteiger partial charge in [-0.25, -0.2) is 0 Å². The number of benzene rings is 1. The van der Waals surface area contributed by atoms with Gasteiger partial charge < -0.3 is 5.73 Å². The van der Waals surface area contributed by atoms with Crippen molar-refractivity contribution in [2.24, 2.45) is 5.73 Å². The third kappa shape index (κ3) is 5.08. The van der Waals surface area contributed by atoms with Crippen LogP contribution in [0, 0.1) is 0 Å². The van der Waals surface area contributed by atoms with Gasteiger partial charge in [-0.05, 0) is 43.5 Å². The minimum atomic E-state index is 0.646. The summed E-state index contributed by atoms with van der Waals surface area (Å²) in [6.45, 7) is 16.0. The van der Waals surface area contributed by atoms with Crippen LogP contribution >= 0.6 is 0 Å². The number of nitrogens with zero attached hydrogens (tertiary/aromatic N) is 2. The summed E-state index contributed by atoms with van der Waals surface area (Å²) in [7, 11) is 0. The molecule has 130 valence electrons. The van der Waals surface area contributed by atoms with Gasteiger partial charge in [0, 0.05) is 45.0 Å². The van der Waals surface area contributed by atoms with Crippen molar-refractivity contribution in [3.63, 3.8) is 0 Å². The highest BCUT2D eigenvalue weighted by Gasteiger charge is 2.18. The Kier molecular flexibility index (Phi) is 6.83. The molecule has 3 nitrogen and oxygen atoms in total. The van der Waals surface area contributed by atoms with Gasteiger partial charge in [-0.2, -0.15) is 0 Å². The molecule has 0 aromatic heterocycles. The number of rotatable bonds is 6. The molecule has 1 heterocycles. The zero-order valence-corrected chi connectivity index (χ0v) is 15.3. The first-order valence-corrected chi connectivity index (χ1v) is 8.82. The van der Waals surface area contributed by atoms with E-state index in [1.165, 1.54) is 5.56 Å².